The standard InChI is InChI=1S/C17H19N4OS/c1-20(2)14-8-6-5-7-13(14)18-19-17-21(3)15-10-9-12(22-4)11-16(15)23-17/h5-11H,1-4H3/q+1. The molecule has 0 amide bonds. The van der Waals surface area contributed by atoms with Crippen LogP contribution < -0.4 is 14.2 Å². The monoisotopic (exact) mass is 327 g/mol. The highest BCUT2D eigenvalue weighted by Gasteiger charge is 2.17. The molecule has 0 aliphatic heterocycles. The lowest BCUT2D eigenvalue weighted by atomic mass is 10.2. The summed E-state index contributed by atoms with van der Waals surface area (Å²) in [6.07, 6.45) is 0. The summed E-state index contributed by atoms with van der Waals surface area (Å²) in [5.74, 6) is 0.848. The predicted molar refractivity (Wildman–Crippen MR) is 94.5 cm³/mol. The molecule has 1 aromatic heterocycles. The normalized spacial score (nSPS) is 11.3. The predicted octanol–water partition coefficient (Wildman–Crippen LogP) is 4.22. The quantitative estimate of drug-likeness (QED) is 0.532. The zero-order valence-electron chi connectivity index (χ0n) is 13.6. The third-order valence-electron chi connectivity index (χ3n) is 3.62. The minimum atomic E-state index is 0.848. The molecule has 0 fully saturated rings. The van der Waals surface area contributed by atoms with Gasteiger partial charge in [0.15, 0.2) is 0 Å². The lowest BCUT2D eigenvalue weighted by molar-refractivity contribution is -0.627. The molecule has 6 heteroatoms. The van der Waals surface area contributed by atoms with Crippen molar-refractivity contribution in [2.45, 2.75) is 0 Å². The number of aromatic nitrogens is 1. The third kappa shape index (κ3) is 3.03. The number of ether oxygens (including phenoxy) is 1. The van der Waals surface area contributed by atoms with Crippen LogP contribution in [0.1, 0.15) is 0 Å². The van der Waals surface area contributed by atoms with Gasteiger partial charge in [0.05, 0.1) is 29.7 Å². The Hall–Kier alpha value is -2.47. The zero-order chi connectivity index (χ0) is 16.4. The Morgan fingerprint density at radius 2 is 1.87 bits per heavy atom. The fourth-order valence-electron chi connectivity index (χ4n) is 2.36. The van der Waals surface area contributed by atoms with E-state index in [-0.39, 0.29) is 0 Å². The molecule has 0 radical (unpaired) electrons. The van der Waals surface area contributed by atoms with Crippen molar-refractivity contribution in [3.63, 3.8) is 0 Å². The first-order valence-electron chi connectivity index (χ1n) is 7.25. The van der Waals surface area contributed by atoms with Crippen LogP contribution in [0.2, 0.25) is 0 Å². The Labute approximate surface area is 139 Å². The van der Waals surface area contributed by atoms with E-state index < -0.39 is 0 Å². The Morgan fingerprint density at radius 1 is 1.09 bits per heavy atom. The van der Waals surface area contributed by atoms with E-state index >= 15 is 0 Å². The first-order chi connectivity index (χ1) is 11.1. The van der Waals surface area contributed by atoms with Gasteiger partial charge >= 0.3 is 5.13 Å². The van der Waals surface area contributed by atoms with Gasteiger partial charge in [0.1, 0.15) is 17.0 Å². The molecule has 0 N–H and O–H groups in total. The number of methoxy groups -OCH3 is 1. The number of aryl methyl sites for hydroxylation is 1. The average molecular weight is 327 g/mol. The topological polar surface area (TPSA) is 41.1 Å². The van der Waals surface area contributed by atoms with Crippen LogP contribution in [-0.4, -0.2) is 21.2 Å². The molecule has 23 heavy (non-hydrogen) atoms. The molecule has 0 bridgehead atoms. The maximum absolute atomic E-state index is 5.28. The minimum absolute atomic E-state index is 0.848. The molecule has 3 aromatic rings. The van der Waals surface area contributed by atoms with Gasteiger partial charge in [-0.15, -0.1) is 0 Å². The summed E-state index contributed by atoms with van der Waals surface area (Å²) in [5.41, 5.74) is 3.01. The van der Waals surface area contributed by atoms with Gasteiger partial charge in [0, 0.05) is 20.2 Å². The fraction of sp³-hybridized carbons (Fsp3) is 0.235. The Bertz CT molecular complexity index is 870. The van der Waals surface area contributed by atoms with Crippen LogP contribution in [0.3, 0.4) is 0 Å². The molecule has 5 nitrogen and oxygen atoms in total. The largest absolute Gasteiger partial charge is 0.497 e. The summed E-state index contributed by atoms with van der Waals surface area (Å²) >= 11 is 1.60. The van der Waals surface area contributed by atoms with Crippen molar-refractivity contribution in [1.82, 2.24) is 0 Å². The number of hydrogen-bond acceptors (Lipinski definition) is 5. The van der Waals surface area contributed by atoms with E-state index in [9.17, 15) is 0 Å². The number of thiazole rings is 1. The maximum Gasteiger partial charge on any atom is 0.409 e. The summed E-state index contributed by atoms with van der Waals surface area (Å²) in [5, 5.41) is 9.74. The molecule has 0 spiro atoms. The molecular formula is C17H19N4OS+. The minimum Gasteiger partial charge on any atom is -0.497 e. The summed E-state index contributed by atoms with van der Waals surface area (Å²) in [6.45, 7) is 0. The third-order valence-corrected chi connectivity index (χ3v) is 4.71. The first kappa shape index (κ1) is 15.4. The summed E-state index contributed by atoms with van der Waals surface area (Å²) in [6, 6.07) is 14.0. The van der Waals surface area contributed by atoms with E-state index in [2.05, 4.69) is 10.2 Å². The van der Waals surface area contributed by atoms with Gasteiger partial charge in [0.2, 0.25) is 0 Å². The number of benzene rings is 2. The second-order valence-electron chi connectivity index (χ2n) is 5.36. The van der Waals surface area contributed by atoms with E-state index in [4.69, 9.17) is 4.74 Å². The Kier molecular flexibility index (Phi) is 4.25. The smallest absolute Gasteiger partial charge is 0.409 e. The van der Waals surface area contributed by atoms with E-state index in [1.807, 2.05) is 73.1 Å². The van der Waals surface area contributed by atoms with Crippen LogP contribution in [0.15, 0.2) is 52.7 Å². The number of fused-ring (bicyclic) bond motifs is 1. The van der Waals surface area contributed by atoms with Gasteiger partial charge in [-0.1, -0.05) is 12.1 Å². The molecule has 1 heterocycles. The van der Waals surface area contributed by atoms with Gasteiger partial charge in [-0.2, -0.15) is 0 Å². The van der Waals surface area contributed by atoms with Crippen LogP contribution in [0.25, 0.3) is 10.2 Å². The lowest BCUT2D eigenvalue weighted by Gasteiger charge is -2.12. The number of azo groups is 1. The van der Waals surface area contributed by atoms with Crippen molar-refractivity contribution < 1.29 is 9.30 Å². The molecule has 2 aromatic carbocycles. The Morgan fingerprint density at radius 3 is 2.61 bits per heavy atom. The summed E-state index contributed by atoms with van der Waals surface area (Å²) < 4.78 is 8.45. The molecule has 3 rings (SSSR count). The SMILES string of the molecule is COc1ccc2c(c1)sc(N=Nc1ccccc1N(C)C)[n+]2C. The summed E-state index contributed by atoms with van der Waals surface area (Å²) in [4.78, 5) is 2.03. The second-order valence-corrected chi connectivity index (χ2v) is 6.37. The molecule has 0 aliphatic carbocycles. The van der Waals surface area contributed by atoms with Crippen molar-refractivity contribution in [3.05, 3.63) is 42.5 Å². The molecule has 0 saturated heterocycles. The van der Waals surface area contributed by atoms with Gasteiger partial charge in [-0.05, 0) is 40.7 Å². The summed E-state index contributed by atoms with van der Waals surface area (Å²) in [7, 11) is 7.67. The van der Waals surface area contributed by atoms with Crippen molar-refractivity contribution in [1.29, 1.82) is 0 Å². The fourth-order valence-corrected chi connectivity index (χ4v) is 3.36. The van der Waals surface area contributed by atoms with Crippen molar-refractivity contribution in [2.75, 3.05) is 26.1 Å². The van der Waals surface area contributed by atoms with Crippen LogP contribution in [0, 0.1) is 0 Å². The van der Waals surface area contributed by atoms with E-state index in [1.165, 1.54) is 0 Å². The lowest BCUT2D eigenvalue weighted by Crippen LogP contribution is -2.25. The van der Waals surface area contributed by atoms with Crippen LogP contribution >= 0.6 is 11.3 Å². The van der Waals surface area contributed by atoms with Gasteiger partial charge in [-0.25, -0.2) is 4.57 Å². The highest BCUT2D eigenvalue weighted by molar-refractivity contribution is 7.21. The highest BCUT2D eigenvalue weighted by atomic mass is 32.1. The van der Waals surface area contributed by atoms with Crippen LogP contribution in [0.4, 0.5) is 16.5 Å². The average Bonchev–Trinajstić information content (AvgIpc) is 2.88. The molecular weight excluding hydrogens is 308 g/mol. The second kappa shape index (κ2) is 6.34. The van der Waals surface area contributed by atoms with Gasteiger partial charge in [-0.3, -0.25) is 0 Å². The number of para-hydroxylation sites is 1. The number of nitrogens with zero attached hydrogens (tertiary/aromatic N) is 4. The van der Waals surface area contributed by atoms with Crippen molar-refractivity contribution in [2.24, 2.45) is 17.3 Å². The first-order valence-corrected chi connectivity index (χ1v) is 8.06. The Balaban J connectivity index is 2.00. The van der Waals surface area contributed by atoms with Crippen LogP contribution in [0.5, 0.6) is 5.75 Å². The van der Waals surface area contributed by atoms with Crippen molar-refractivity contribution >= 4 is 38.1 Å². The molecule has 118 valence electrons. The zero-order valence-corrected chi connectivity index (χ0v) is 14.5. The number of hydrogen-bond donors (Lipinski definition) is 0. The van der Waals surface area contributed by atoms with E-state index in [0.717, 1.165) is 32.5 Å². The van der Waals surface area contributed by atoms with E-state index in [0.29, 0.717) is 0 Å². The van der Waals surface area contributed by atoms with Gasteiger partial charge in [0.25, 0.3) is 0 Å². The van der Waals surface area contributed by atoms with Crippen molar-refractivity contribution in [3.8, 4) is 5.75 Å². The van der Waals surface area contributed by atoms with E-state index in [1.54, 1.807) is 18.4 Å². The number of anilines is 1. The molecule has 0 saturated carbocycles. The molecule has 0 atom stereocenters. The van der Waals surface area contributed by atoms with Crippen LogP contribution in [-0.2, 0) is 7.05 Å². The highest BCUT2D eigenvalue weighted by Crippen LogP contribution is 2.32. The maximum atomic E-state index is 5.28. The van der Waals surface area contributed by atoms with Gasteiger partial charge < -0.3 is 9.64 Å². The molecule has 0 aliphatic rings. The molecule has 0 unspecified atom stereocenters. The number of rotatable bonds is 4.